The van der Waals surface area contributed by atoms with Gasteiger partial charge in [-0.1, -0.05) is 0 Å². The zero-order valence-corrected chi connectivity index (χ0v) is 18.6. The van der Waals surface area contributed by atoms with Crippen LogP contribution in [0, 0.1) is 5.82 Å². The van der Waals surface area contributed by atoms with Gasteiger partial charge in [-0.25, -0.2) is 14.0 Å². The molecule has 1 aromatic carbocycles. The van der Waals surface area contributed by atoms with Crippen molar-refractivity contribution in [1.29, 1.82) is 0 Å². The van der Waals surface area contributed by atoms with Crippen LogP contribution in [-0.2, 0) is 9.47 Å². The Morgan fingerprint density at radius 3 is 2.68 bits per heavy atom. The van der Waals surface area contributed by atoms with Crippen LogP contribution in [0.3, 0.4) is 0 Å². The summed E-state index contributed by atoms with van der Waals surface area (Å²) in [6, 6.07) is 4.53. The van der Waals surface area contributed by atoms with Crippen molar-refractivity contribution in [3.8, 4) is 0 Å². The minimum absolute atomic E-state index is 0.0640. The highest BCUT2D eigenvalue weighted by molar-refractivity contribution is 5.90. The van der Waals surface area contributed by atoms with E-state index in [1.54, 1.807) is 17.0 Å². The number of anilines is 2. The van der Waals surface area contributed by atoms with Crippen molar-refractivity contribution in [2.75, 3.05) is 43.1 Å². The Bertz CT molecular complexity index is 813. The maximum Gasteiger partial charge on any atom is 0.414 e. The third-order valence-electron chi connectivity index (χ3n) is 5.55. The second-order valence-corrected chi connectivity index (χ2v) is 9.12. The molecule has 2 fully saturated rings. The molecule has 1 N–H and O–H groups in total. The van der Waals surface area contributed by atoms with Gasteiger partial charge in [-0.2, -0.15) is 0 Å². The van der Waals surface area contributed by atoms with E-state index in [2.05, 4.69) is 0 Å². The molecule has 2 saturated heterocycles. The predicted octanol–water partition coefficient (Wildman–Crippen LogP) is 3.37. The lowest BCUT2D eigenvalue weighted by atomic mass is 10.1. The third kappa shape index (κ3) is 5.58. The highest BCUT2D eigenvalue weighted by Gasteiger charge is 2.33. The molecule has 0 bridgehead atoms. The number of carbonyl (C=O) groups excluding carboxylic acids is 2. The zero-order valence-electron chi connectivity index (χ0n) is 18.6. The Labute approximate surface area is 182 Å². The van der Waals surface area contributed by atoms with Gasteiger partial charge < -0.3 is 24.4 Å². The number of carbonyl (C=O) groups is 2. The lowest BCUT2D eigenvalue weighted by Gasteiger charge is -2.33. The topological polar surface area (TPSA) is 82.5 Å². The molecule has 0 aromatic heterocycles. The van der Waals surface area contributed by atoms with Crippen molar-refractivity contribution in [3.63, 3.8) is 0 Å². The van der Waals surface area contributed by atoms with Crippen molar-refractivity contribution in [3.05, 3.63) is 24.0 Å². The molecule has 0 radical (unpaired) electrons. The van der Waals surface area contributed by atoms with Gasteiger partial charge >= 0.3 is 12.2 Å². The molecular weight excluding hydrogens is 405 g/mol. The molecule has 2 heterocycles. The second kappa shape index (κ2) is 9.30. The fourth-order valence-corrected chi connectivity index (χ4v) is 3.90. The molecular formula is C22H32FN3O5. The Kier molecular flexibility index (Phi) is 6.93. The maximum atomic E-state index is 15.0. The van der Waals surface area contributed by atoms with Crippen LogP contribution >= 0.6 is 0 Å². The Hall–Kier alpha value is -2.55. The SMILES string of the molecule is CN(c1ccc(N2C[C@H](CO)OC2=O)cc1F)[C@H]1CCCCN(C(=O)OC(C)(C)C)C1. The van der Waals surface area contributed by atoms with Crippen molar-refractivity contribution < 1.29 is 28.6 Å². The fourth-order valence-electron chi connectivity index (χ4n) is 3.90. The van der Waals surface area contributed by atoms with Crippen molar-refractivity contribution >= 4 is 23.6 Å². The summed E-state index contributed by atoms with van der Waals surface area (Å²) in [5, 5.41) is 9.19. The molecule has 0 saturated carbocycles. The Morgan fingerprint density at radius 2 is 2.06 bits per heavy atom. The zero-order chi connectivity index (χ0) is 22.8. The number of hydrogen-bond donors (Lipinski definition) is 1. The number of rotatable bonds is 4. The van der Waals surface area contributed by atoms with Crippen LogP contribution in [0.2, 0.25) is 0 Å². The molecule has 2 aliphatic rings. The van der Waals surface area contributed by atoms with E-state index in [9.17, 15) is 14.7 Å². The average Bonchev–Trinajstić information content (AvgIpc) is 2.91. The number of nitrogens with zero attached hydrogens (tertiary/aromatic N) is 3. The molecule has 0 spiro atoms. The largest absolute Gasteiger partial charge is 0.444 e. The summed E-state index contributed by atoms with van der Waals surface area (Å²) >= 11 is 0. The van der Waals surface area contributed by atoms with E-state index in [1.165, 1.54) is 11.0 Å². The van der Waals surface area contributed by atoms with E-state index in [0.717, 1.165) is 19.3 Å². The summed E-state index contributed by atoms with van der Waals surface area (Å²) in [6.07, 6.45) is 1.06. The van der Waals surface area contributed by atoms with Gasteiger partial charge in [-0.3, -0.25) is 4.90 Å². The van der Waals surface area contributed by atoms with Gasteiger partial charge in [0, 0.05) is 26.2 Å². The van der Waals surface area contributed by atoms with E-state index < -0.39 is 23.6 Å². The first-order chi connectivity index (χ1) is 14.6. The molecule has 0 unspecified atom stereocenters. The van der Waals surface area contributed by atoms with Gasteiger partial charge in [0.25, 0.3) is 0 Å². The van der Waals surface area contributed by atoms with E-state index in [0.29, 0.717) is 24.5 Å². The molecule has 172 valence electrons. The molecule has 2 aliphatic heterocycles. The van der Waals surface area contributed by atoms with Crippen molar-refractivity contribution in [2.24, 2.45) is 0 Å². The highest BCUT2D eigenvalue weighted by atomic mass is 19.1. The number of likely N-dealkylation sites (tertiary alicyclic amines) is 1. The van der Waals surface area contributed by atoms with Gasteiger partial charge in [0.1, 0.15) is 17.5 Å². The smallest absolute Gasteiger partial charge is 0.414 e. The highest BCUT2D eigenvalue weighted by Crippen LogP contribution is 2.30. The third-order valence-corrected chi connectivity index (χ3v) is 5.55. The normalized spacial score (nSPS) is 22.2. The predicted molar refractivity (Wildman–Crippen MR) is 115 cm³/mol. The lowest BCUT2D eigenvalue weighted by molar-refractivity contribution is 0.0249. The number of likely N-dealkylation sites (N-methyl/N-ethyl adjacent to an activating group) is 1. The van der Waals surface area contributed by atoms with Crippen molar-refractivity contribution in [1.82, 2.24) is 4.90 Å². The molecule has 8 nitrogen and oxygen atoms in total. The quantitative estimate of drug-likeness (QED) is 0.778. The monoisotopic (exact) mass is 437 g/mol. The molecule has 0 aliphatic carbocycles. The van der Waals surface area contributed by atoms with Gasteiger partial charge in [-0.05, 0) is 58.2 Å². The fraction of sp³-hybridized carbons (Fsp3) is 0.636. The average molecular weight is 438 g/mol. The number of benzene rings is 1. The number of halogens is 1. The summed E-state index contributed by atoms with van der Waals surface area (Å²) in [7, 11) is 1.81. The molecule has 2 amide bonds. The minimum atomic E-state index is -0.609. The van der Waals surface area contributed by atoms with Crippen LogP contribution in [0.1, 0.15) is 40.0 Å². The van der Waals surface area contributed by atoms with E-state index >= 15 is 4.39 Å². The van der Waals surface area contributed by atoms with Crippen LogP contribution in [0.25, 0.3) is 0 Å². The summed E-state index contributed by atoms with van der Waals surface area (Å²) in [6.45, 7) is 6.47. The van der Waals surface area contributed by atoms with Crippen molar-refractivity contribution in [2.45, 2.75) is 57.8 Å². The van der Waals surface area contributed by atoms with Crippen LogP contribution in [0.15, 0.2) is 18.2 Å². The number of aliphatic hydroxyl groups is 1. The molecule has 1 aromatic rings. The summed E-state index contributed by atoms with van der Waals surface area (Å²) in [5.41, 5.74) is 0.205. The minimum Gasteiger partial charge on any atom is -0.444 e. The molecule has 31 heavy (non-hydrogen) atoms. The Morgan fingerprint density at radius 1 is 1.32 bits per heavy atom. The molecule has 3 rings (SSSR count). The number of amides is 2. The number of cyclic esters (lactones) is 1. The first-order valence-electron chi connectivity index (χ1n) is 10.7. The molecule has 9 heteroatoms. The summed E-state index contributed by atoms with van der Waals surface area (Å²) < 4.78 is 25.6. The maximum absolute atomic E-state index is 15.0. The summed E-state index contributed by atoms with van der Waals surface area (Å²) in [5.74, 6) is -0.465. The van der Waals surface area contributed by atoms with Gasteiger partial charge in [0.15, 0.2) is 0 Å². The van der Waals surface area contributed by atoms with Crippen LogP contribution in [0.5, 0.6) is 0 Å². The van der Waals surface area contributed by atoms with E-state index in [-0.39, 0.29) is 25.3 Å². The molecule has 2 atom stereocenters. The van der Waals surface area contributed by atoms with Crippen LogP contribution in [0.4, 0.5) is 25.4 Å². The van der Waals surface area contributed by atoms with Crippen LogP contribution in [-0.4, -0.2) is 73.2 Å². The number of aliphatic hydroxyl groups excluding tert-OH is 1. The second-order valence-electron chi connectivity index (χ2n) is 9.12. The van der Waals surface area contributed by atoms with E-state index in [4.69, 9.17) is 9.47 Å². The van der Waals surface area contributed by atoms with Gasteiger partial charge in [-0.15, -0.1) is 0 Å². The first kappa shape index (κ1) is 23.1. The summed E-state index contributed by atoms with van der Waals surface area (Å²) in [4.78, 5) is 29.4. The van der Waals surface area contributed by atoms with E-state index in [1.807, 2.05) is 32.7 Å². The number of hydrogen-bond acceptors (Lipinski definition) is 6. The lowest BCUT2D eigenvalue weighted by Crippen LogP contribution is -2.45. The number of ether oxygens (including phenoxy) is 2. The first-order valence-corrected chi connectivity index (χ1v) is 10.7. The van der Waals surface area contributed by atoms with Gasteiger partial charge in [0.2, 0.25) is 0 Å². The Balaban J connectivity index is 1.73. The standard InChI is InChI=1S/C22H32FN3O5/c1-22(2,3)31-20(28)25-10-6-5-7-16(12-25)24(4)19-9-8-15(11-18(19)23)26-13-17(14-27)30-21(26)29/h8-9,11,16-17,27H,5-7,10,12-14H2,1-4H3/t16-,17+/m0/s1. The van der Waals surface area contributed by atoms with Gasteiger partial charge in [0.05, 0.1) is 24.5 Å². The van der Waals surface area contributed by atoms with Crippen LogP contribution < -0.4 is 9.80 Å².